The Morgan fingerprint density at radius 3 is 2.60 bits per heavy atom. The molecule has 1 heterocycles. The average molecular weight is 275 g/mol. The van der Waals surface area contributed by atoms with Crippen LogP contribution < -0.4 is 0 Å². The van der Waals surface area contributed by atoms with E-state index in [1.165, 1.54) is 31.4 Å². The van der Waals surface area contributed by atoms with Gasteiger partial charge in [-0.2, -0.15) is 0 Å². The molecular weight excluding hydrogens is 246 g/mol. The summed E-state index contributed by atoms with van der Waals surface area (Å²) in [5, 5.41) is 0. The normalized spacial score (nSPS) is 24.2. The highest BCUT2D eigenvalue weighted by Crippen LogP contribution is 2.33. The number of benzene rings is 1. The molecular formula is C18H29NO. The van der Waals surface area contributed by atoms with Gasteiger partial charge in [0, 0.05) is 12.6 Å². The van der Waals surface area contributed by atoms with Crippen LogP contribution in [0.25, 0.3) is 0 Å². The van der Waals surface area contributed by atoms with E-state index in [4.69, 9.17) is 4.74 Å². The number of likely N-dealkylation sites (tertiary alicyclic amines) is 1. The SMILES string of the molecule is COC[C@@]1(C)CCCN1CCC(C)(C)c1ccccc1. The van der Waals surface area contributed by atoms with Crippen molar-refractivity contribution in [2.75, 3.05) is 26.8 Å². The average Bonchev–Trinajstić information content (AvgIpc) is 2.79. The van der Waals surface area contributed by atoms with E-state index in [-0.39, 0.29) is 11.0 Å². The van der Waals surface area contributed by atoms with E-state index in [0.29, 0.717) is 0 Å². The third-order valence-electron chi connectivity index (χ3n) is 4.92. The van der Waals surface area contributed by atoms with Gasteiger partial charge in [-0.25, -0.2) is 0 Å². The Bertz CT molecular complexity index is 415. The lowest BCUT2D eigenvalue weighted by Gasteiger charge is -2.37. The van der Waals surface area contributed by atoms with Gasteiger partial charge in [-0.3, -0.25) is 4.90 Å². The van der Waals surface area contributed by atoms with Crippen LogP contribution >= 0.6 is 0 Å². The minimum absolute atomic E-state index is 0.234. The van der Waals surface area contributed by atoms with Crippen molar-refractivity contribution < 1.29 is 4.74 Å². The van der Waals surface area contributed by atoms with Gasteiger partial charge in [0.1, 0.15) is 0 Å². The molecule has 112 valence electrons. The van der Waals surface area contributed by atoms with Gasteiger partial charge in [0.15, 0.2) is 0 Å². The lowest BCUT2D eigenvalue weighted by molar-refractivity contribution is 0.0468. The van der Waals surface area contributed by atoms with Crippen LogP contribution in [0.4, 0.5) is 0 Å². The first-order valence-corrected chi connectivity index (χ1v) is 7.77. The number of hydrogen-bond donors (Lipinski definition) is 0. The van der Waals surface area contributed by atoms with Crippen LogP contribution in [0, 0.1) is 0 Å². The first-order chi connectivity index (χ1) is 9.48. The van der Waals surface area contributed by atoms with Gasteiger partial charge in [-0.05, 0) is 50.3 Å². The maximum Gasteiger partial charge on any atom is 0.0643 e. The van der Waals surface area contributed by atoms with E-state index >= 15 is 0 Å². The molecule has 0 amide bonds. The predicted molar refractivity (Wildman–Crippen MR) is 85.2 cm³/mol. The van der Waals surface area contributed by atoms with Crippen LogP contribution in [0.15, 0.2) is 30.3 Å². The summed E-state index contributed by atoms with van der Waals surface area (Å²) in [6.07, 6.45) is 3.74. The molecule has 2 heteroatoms. The molecule has 20 heavy (non-hydrogen) atoms. The van der Waals surface area contributed by atoms with Crippen molar-refractivity contribution in [3.63, 3.8) is 0 Å². The maximum atomic E-state index is 5.43. The molecule has 1 atom stereocenters. The quantitative estimate of drug-likeness (QED) is 0.782. The molecule has 0 unspecified atom stereocenters. The molecule has 1 aromatic rings. The van der Waals surface area contributed by atoms with Crippen LogP contribution in [0.2, 0.25) is 0 Å². The van der Waals surface area contributed by atoms with Crippen molar-refractivity contribution in [1.82, 2.24) is 4.90 Å². The number of rotatable bonds is 6. The van der Waals surface area contributed by atoms with Gasteiger partial charge < -0.3 is 4.74 Å². The molecule has 1 aliphatic rings. The molecule has 1 saturated heterocycles. The zero-order valence-corrected chi connectivity index (χ0v) is 13.5. The number of ether oxygens (including phenoxy) is 1. The third-order valence-corrected chi connectivity index (χ3v) is 4.92. The van der Waals surface area contributed by atoms with Gasteiger partial charge in [0.2, 0.25) is 0 Å². The molecule has 1 aliphatic heterocycles. The van der Waals surface area contributed by atoms with E-state index in [0.717, 1.165) is 13.2 Å². The van der Waals surface area contributed by atoms with E-state index in [9.17, 15) is 0 Å². The fourth-order valence-electron chi connectivity index (χ4n) is 3.38. The summed E-state index contributed by atoms with van der Waals surface area (Å²) in [5.74, 6) is 0. The summed E-state index contributed by atoms with van der Waals surface area (Å²) in [6, 6.07) is 10.9. The fourth-order valence-corrected chi connectivity index (χ4v) is 3.38. The molecule has 0 aromatic heterocycles. The molecule has 0 saturated carbocycles. The minimum atomic E-state index is 0.234. The molecule has 1 fully saturated rings. The fraction of sp³-hybridized carbons (Fsp3) is 0.667. The van der Waals surface area contributed by atoms with Crippen LogP contribution in [0.5, 0.6) is 0 Å². The zero-order valence-electron chi connectivity index (χ0n) is 13.5. The predicted octanol–water partition coefficient (Wildman–Crippen LogP) is 3.86. The molecule has 0 N–H and O–H groups in total. The molecule has 2 rings (SSSR count). The van der Waals surface area contributed by atoms with Crippen molar-refractivity contribution in [2.24, 2.45) is 0 Å². The summed E-state index contributed by atoms with van der Waals surface area (Å²) in [5.41, 5.74) is 1.91. The van der Waals surface area contributed by atoms with Crippen LogP contribution in [-0.4, -0.2) is 37.2 Å². The Morgan fingerprint density at radius 2 is 1.95 bits per heavy atom. The Morgan fingerprint density at radius 1 is 1.25 bits per heavy atom. The van der Waals surface area contributed by atoms with Crippen LogP contribution in [-0.2, 0) is 10.2 Å². The smallest absolute Gasteiger partial charge is 0.0643 e. The van der Waals surface area contributed by atoms with Gasteiger partial charge >= 0.3 is 0 Å². The van der Waals surface area contributed by atoms with Crippen molar-refractivity contribution in [3.8, 4) is 0 Å². The molecule has 0 aliphatic carbocycles. The van der Waals surface area contributed by atoms with Crippen LogP contribution in [0.3, 0.4) is 0 Å². The number of nitrogens with zero attached hydrogens (tertiary/aromatic N) is 1. The summed E-state index contributed by atoms with van der Waals surface area (Å²) in [6.45, 7) is 10.3. The van der Waals surface area contributed by atoms with Gasteiger partial charge in [-0.15, -0.1) is 0 Å². The Kier molecular flexibility index (Phi) is 4.87. The second-order valence-electron chi connectivity index (χ2n) is 7.02. The summed E-state index contributed by atoms with van der Waals surface area (Å²) in [7, 11) is 1.82. The molecule has 0 spiro atoms. The van der Waals surface area contributed by atoms with Gasteiger partial charge in [-0.1, -0.05) is 44.2 Å². The summed E-state index contributed by atoms with van der Waals surface area (Å²) in [4.78, 5) is 2.63. The second kappa shape index (κ2) is 6.28. The standard InChI is InChI=1S/C18H29NO/c1-17(2,16-9-6-5-7-10-16)12-14-19-13-8-11-18(19,3)15-20-4/h5-7,9-10H,8,11-15H2,1-4H3/t18-/m1/s1. The Labute approximate surface area is 124 Å². The third kappa shape index (κ3) is 3.42. The lowest BCUT2D eigenvalue weighted by Crippen LogP contribution is -2.46. The largest absolute Gasteiger partial charge is 0.383 e. The highest BCUT2D eigenvalue weighted by atomic mass is 16.5. The first kappa shape index (κ1) is 15.5. The topological polar surface area (TPSA) is 12.5 Å². The minimum Gasteiger partial charge on any atom is -0.383 e. The van der Waals surface area contributed by atoms with Gasteiger partial charge in [0.25, 0.3) is 0 Å². The molecule has 2 nitrogen and oxygen atoms in total. The van der Waals surface area contributed by atoms with E-state index in [2.05, 4.69) is 56.0 Å². The summed E-state index contributed by atoms with van der Waals surface area (Å²) >= 11 is 0. The van der Waals surface area contributed by atoms with E-state index in [1.54, 1.807) is 0 Å². The molecule has 0 bridgehead atoms. The molecule has 1 aromatic carbocycles. The van der Waals surface area contributed by atoms with Crippen molar-refractivity contribution >= 4 is 0 Å². The lowest BCUT2D eigenvalue weighted by atomic mass is 9.81. The number of methoxy groups -OCH3 is 1. The first-order valence-electron chi connectivity index (χ1n) is 7.77. The zero-order chi connectivity index (χ0) is 14.6. The van der Waals surface area contributed by atoms with Crippen molar-refractivity contribution in [2.45, 2.75) is 51.0 Å². The van der Waals surface area contributed by atoms with Crippen molar-refractivity contribution in [3.05, 3.63) is 35.9 Å². The highest BCUT2D eigenvalue weighted by Gasteiger charge is 2.37. The highest BCUT2D eigenvalue weighted by molar-refractivity contribution is 5.23. The number of hydrogen-bond acceptors (Lipinski definition) is 2. The summed E-state index contributed by atoms with van der Waals surface area (Å²) < 4.78 is 5.43. The molecule has 0 radical (unpaired) electrons. The Balaban J connectivity index is 1.97. The Hall–Kier alpha value is -0.860. The van der Waals surface area contributed by atoms with Crippen molar-refractivity contribution in [1.29, 1.82) is 0 Å². The monoisotopic (exact) mass is 275 g/mol. The van der Waals surface area contributed by atoms with Gasteiger partial charge in [0.05, 0.1) is 6.61 Å². The van der Waals surface area contributed by atoms with Crippen LogP contribution in [0.1, 0.15) is 45.6 Å². The van der Waals surface area contributed by atoms with E-state index < -0.39 is 0 Å². The maximum absolute atomic E-state index is 5.43. The van der Waals surface area contributed by atoms with E-state index in [1.807, 2.05) is 7.11 Å². The second-order valence-corrected chi connectivity index (χ2v) is 7.02.